The van der Waals surface area contributed by atoms with E-state index in [2.05, 4.69) is 4.99 Å². The van der Waals surface area contributed by atoms with Crippen LogP contribution in [0.1, 0.15) is 30.5 Å². The Hall–Kier alpha value is -2.93. The minimum absolute atomic E-state index is 0.0439. The van der Waals surface area contributed by atoms with E-state index in [1.54, 1.807) is 30.0 Å². The second kappa shape index (κ2) is 8.61. The molecule has 1 aliphatic rings. The summed E-state index contributed by atoms with van der Waals surface area (Å²) in [6.45, 7) is 8.36. The molecule has 0 saturated carbocycles. The number of rotatable bonds is 5. The fourth-order valence-corrected chi connectivity index (χ4v) is 3.92. The van der Waals surface area contributed by atoms with E-state index in [9.17, 15) is 14.9 Å². The lowest BCUT2D eigenvalue weighted by atomic mass is 10.1. The first kappa shape index (κ1) is 20.8. The van der Waals surface area contributed by atoms with Crippen LogP contribution in [0.3, 0.4) is 0 Å². The lowest BCUT2D eigenvalue weighted by Crippen LogP contribution is -2.32. The topological polar surface area (TPSA) is 75.8 Å². The van der Waals surface area contributed by atoms with E-state index in [1.807, 2.05) is 45.0 Å². The Labute approximate surface area is 174 Å². The molecule has 0 N–H and O–H groups in total. The van der Waals surface area contributed by atoms with Crippen molar-refractivity contribution >= 4 is 40.3 Å². The first-order chi connectivity index (χ1) is 13.7. The molecule has 1 fully saturated rings. The summed E-state index contributed by atoms with van der Waals surface area (Å²) in [6, 6.07) is 12.8. The molecule has 1 saturated heterocycles. The lowest BCUT2D eigenvalue weighted by Gasteiger charge is -2.17. The summed E-state index contributed by atoms with van der Waals surface area (Å²) >= 11 is 1.30. The van der Waals surface area contributed by atoms with Gasteiger partial charge in [0.15, 0.2) is 5.17 Å². The third-order valence-electron chi connectivity index (χ3n) is 4.42. The van der Waals surface area contributed by atoms with Gasteiger partial charge in [0.05, 0.1) is 15.5 Å². The minimum Gasteiger partial charge on any atom is -0.286 e. The summed E-state index contributed by atoms with van der Waals surface area (Å²) in [6.07, 6.45) is 1.70. The van der Waals surface area contributed by atoms with Crippen LogP contribution in [0.5, 0.6) is 0 Å². The second-order valence-electron chi connectivity index (χ2n) is 7.45. The highest BCUT2D eigenvalue weighted by Crippen LogP contribution is 2.35. The number of carbonyl (C=O) groups excluding carboxylic acids is 1. The van der Waals surface area contributed by atoms with Gasteiger partial charge in [0.2, 0.25) is 0 Å². The molecule has 6 nitrogen and oxygen atoms in total. The zero-order chi connectivity index (χ0) is 21.1. The number of benzene rings is 2. The fourth-order valence-electron chi connectivity index (χ4n) is 2.91. The highest BCUT2D eigenvalue weighted by atomic mass is 32.2. The van der Waals surface area contributed by atoms with Crippen LogP contribution >= 0.6 is 11.8 Å². The molecule has 7 heteroatoms. The van der Waals surface area contributed by atoms with Crippen LogP contribution in [-0.4, -0.2) is 27.4 Å². The number of nitro groups is 1. The number of nitrogens with zero attached hydrogens (tertiary/aromatic N) is 3. The maximum Gasteiger partial charge on any atom is 0.272 e. The van der Waals surface area contributed by atoms with Crippen LogP contribution in [0.2, 0.25) is 0 Å². The number of carbonyl (C=O) groups is 1. The SMILES string of the molecule is Cc1ccc(N=C2S/C(=C/c3ccc(C)c([N+](=O)[O-])c3)C(=O)N2CC(C)C)cc1. The van der Waals surface area contributed by atoms with Gasteiger partial charge in [-0.1, -0.05) is 43.7 Å². The van der Waals surface area contributed by atoms with Crippen molar-refractivity contribution in [1.82, 2.24) is 4.90 Å². The zero-order valence-electron chi connectivity index (χ0n) is 16.9. The highest BCUT2D eigenvalue weighted by Gasteiger charge is 2.33. The van der Waals surface area contributed by atoms with Crippen molar-refractivity contribution < 1.29 is 9.72 Å². The Kier molecular flexibility index (Phi) is 6.17. The molecule has 29 heavy (non-hydrogen) atoms. The molecule has 150 valence electrons. The third kappa shape index (κ3) is 4.92. The molecule has 0 spiro atoms. The maximum absolute atomic E-state index is 13.0. The van der Waals surface area contributed by atoms with Crippen LogP contribution in [0.25, 0.3) is 6.08 Å². The van der Waals surface area contributed by atoms with Gasteiger partial charge in [-0.2, -0.15) is 0 Å². The van der Waals surface area contributed by atoms with Crippen LogP contribution in [0, 0.1) is 29.9 Å². The van der Waals surface area contributed by atoms with Gasteiger partial charge >= 0.3 is 0 Å². The number of amidine groups is 1. The van der Waals surface area contributed by atoms with Crippen molar-refractivity contribution in [1.29, 1.82) is 0 Å². The number of hydrogen-bond donors (Lipinski definition) is 0. The zero-order valence-corrected chi connectivity index (χ0v) is 17.7. The standard InChI is InChI=1S/C22H23N3O3S/c1-14(2)13-24-21(26)20(12-17-8-7-16(4)19(11-17)25(27)28)29-22(24)23-18-9-5-15(3)6-10-18/h5-12,14H,13H2,1-4H3/b20-12+,23-22?. The number of thioether (sulfide) groups is 1. The van der Waals surface area contributed by atoms with Gasteiger partial charge in [-0.25, -0.2) is 4.99 Å². The molecule has 0 radical (unpaired) electrons. The van der Waals surface area contributed by atoms with Crippen LogP contribution in [0.15, 0.2) is 52.4 Å². The summed E-state index contributed by atoms with van der Waals surface area (Å²) in [5.41, 5.74) is 3.18. The molecule has 1 amide bonds. The molecule has 1 heterocycles. The average molecular weight is 410 g/mol. The van der Waals surface area contributed by atoms with Crippen LogP contribution in [0.4, 0.5) is 11.4 Å². The van der Waals surface area contributed by atoms with Crippen molar-refractivity contribution in [2.24, 2.45) is 10.9 Å². The smallest absolute Gasteiger partial charge is 0.272 e. The van der Waals surface area contributed by atoms with Gasteiger partial charge < -0.3 is 0 Å². The Balaban J connectivity index is 1.97. The van der Waals surface area contributed by atoms with E-state index < -0.39 is 4.92 Å². The van der Waals surface area contributed by atoms with Crippen LogP contribution < -0.4 is 0 Å². The van der Waals surface area contributed by atoms with E-state index in [0.717, 1.165) is 11.3 Å². The van der Waals surface area contributed by atoms with Gasteiger partial charge in [-0.05, 0) is 55.3 Å². The third-order valence-corrected chi connectivity index (χ3v) is 5.43. The molecule has 1 aliphatic heterocycles. The largest absolute Gasteiger partial charge is 0.286 e. The quantitative estimate of drug-likeness (QED) is 0.373. The van der Waals surface area contributed by atoms with Gasteiger partial charge in [-0.3, -0.25) is 19.8 Å². The lowest BCUT2D eigenvalue weighted by molar-refractivity contribution is -0.385. The van der Waals surface area contributed by atoms with Crippen molar-refractivity contribution in [3.63, 3.8) is 0 Å². The summed E-state index contributed by atoms with van der Waals surface area (Å²) in [5.74, 6) is 0.153. The molecule has 0 aromatic heterocycles. The van der Waals surface area contributed by atoms with Gasteiger partial charge in [0.25, 0.3) is 11.6 Å². The number of nitro benzene ring substituents is 1. The molecule has 0 unspecified atom stereocenters. The monoisotopic (exact) mass is 409 g/mol. The summed E-state index contributed by atoms with van der Waals surface area (Å²) in [7, 11) is 0. The molecule has 2 aromatic rings. The number of aryl methyl sites for hydroxylation is 2. The summed E-state index contributed by atoms with van der Waals surface area (Å²) in [5, 5.41) is 11.8. The van der Waals surface area contributed by atoms with Crippen molar-refractivity contribution in [3.05, 3.63) is 74.2 Å². The highest BCUT2D eigenvalue weighted by molar-refractivity contribution is 8.18. The summed E-state index contributed by atoms with van der Waals surface area (Å²) in [4.78, 5) is 30.7. The van der Waals surface area contributed by atoms with Gasteiger partial charge in [0.1, 0.15) is 0 Å². The average Bonchev–Trinajstić information content (AvgIpc) is 2.93. The van der Waals surface area contributed by atoms with Crippen molar-refractivity contribution in [2.75, 3.05) is 6.54 Å². The van der Waals surface area contributed by atoms with E-state index in [0.29, 0.717) is 27.7 Å². The Morgan fingerprint density at radius 1 is 1.17 bits per heavy atom. The molecule has 2 aromatic carbocycles. The minimum atomic E-state index is -0.406. The van der Waals surface area contributed by atoms with Gasteiger partial charge in [0, 0.05) is 18.2 Å². The molecular formula is C22H23N3O3S. The van der Waals surface area contributed by atoms with Crippen molar-refractivity contribution in [3.8, 4) is 0 Å². The normalized spacial score (nSPS) is 17.0. The van der Waals surface area contributed by atoms with Gasteiger partial charge in [-0.15, -0.1) is 0 Å². The first-order valence-electron chi connectivity index (χ1n) is 9.36. The maximum atomic E-state index is 13.0. The first-order valence-corrected chi connectivity index (χ1v) is 10.2. The molecule has 0 atom stereocenters. The van der Waals surface area contributed by atoms with E-state index in [-0.39, 0.29) is 17.5 Å². The Morgan fingerprint density at radius 2 is 1.86 bits per heavy atom. The van der Waals surface area contributed by atoms with E-state index in [4.69, 9.17) is 0 Å². The Morgan fingerprint density at radius 3 is 2.48 bits per heavy atom. The van der Waals surface area contributed by atoms with E-state index >= 15 is 0 Å². The molecular weight excluding hydrogens is 386 g/mol. The number of aliphatic imine (C=N–C) groups is 1. The summed E-state index contributed by atoms with van der Waals surface area (Å²) < 4.78 is 0. The second-order valence-corrected chi connectivity index (χ2v) is 8.46. The molecule has 0 aliphatic carbocycles. The molecule has 3 rings (SSSR count). The van der Waals surface area contributed by atoms with E-state index in [1.165, 1.54) is 17.8 Å². The fraction of sp³-hybridized carbons (Fsp3) is 0.273. The molecule has 0 bridgehead atoms. The number of amides is 1. The predicted molar refractivity (Wildman–Crippen MR) is 118 cm³/mol. The Bertz CT molecular complexity index is 1010. The van der Waals surface area contributed by atoms with Crippen LogP contribution in [-0.2, 0) is 4.79 Å². The number of hydrogen-bond acceptors (Lipinski definition) is 5. The predicted octanol–water partition coefficient (Wildman–Crippen LogP) is 5.47. The van der Waals surface area contributed by atoms with Crippen molar-refractivity contribution in [2.45, 2.75) is 27.7 Å².